The lowest BCUT2D eigenvalue weighted by atomic mass is 9.92. The molecule has 6 nitrogen and oxygen atoms in total. The number of carboxylic acids is 1. The average Bonchev–Trinajstić information content (AvgIpc) is 2.83. The van der Waals surface area contributed by atoms with Crippen LogP contribution < -0.4 is 4.72 Å². The van der Waals surface area contributed by atoms with E-state index in [4.69, 9.17) is 4.74 Å². The van der Waals surface area contributed by atoms with E-state index in [1.807, 2.05) is 0 Å². The molecule has 0 spiro atoms. The van der Waals surface area contributed by atoms with E-state index in [-0.39, 0.29) is 26.1 Å². The van der Waals surface area contributed by atoms with Crippen LogP contribution in [-0.4, -0.2) is 43.5 Å². The molecule has 2 N–H and O–H groups in total. The average molecular weight is 277 g/mol. The molecule has 0 atom stereocenters. The Labute approximate surface area is 107 Å². The Balaban J connectivity index is 2.15. The van der Waals surface area contributed by atoms with Crippen molar-refractivity contribution >= 4 is 16.0 Å². The fourth-order valence-electron chi connectivity index (χ4n) is 2.63. The van der Waals surface area contributed by atoms with Crippen LogP contribution in [0.3, 0.4) is 0 Å². The zero-order valence-electron chi connectivity index (χ0n) is 10.2. The summed E-state index contributed by atoms with van der Waals surface area (Å²) in [5.41, 5.74) is -1.38. The van der Waals surface area contributed by atoms with Crippen molar-refractivity contribution in [1.29, 1.82) is 0 Å². The van der Waals surface area contributed by atoms with Gasteiger partial charge in [0.2, 0.25) is 10.0 Å². The highest BCUT2D eigenvalue weighted by molar-refractivity contribution is 7.90. The minimum atomic E-state index is -3.55. The summed E-state index contributed by atoms with van der Waals surface area (Å²) in [6, 6.07) is 0. The number of hydrogen-bond acceptors (Lipinski definition) is 4. The molecular weight excluding hydrogens is 258 g/mol. The Morgan fingerprint density at radius 3 is 2.28 bits per heavy atom. The second-order valence-electron chi connectivity index (χ2n) is 5.05. The van der Waals surface area contributed by atoms with Crippen LogP contribution in [0, 0.1) is 0 Å². The standard InChI is InChI=1S/C11H19NO5S/c13-10(14)11(5-7-17-8-6-11)12-18(15,16)9-3-1-2-4-9/h9,12H,1-8H2,(H,13,14). The van der Waals surface area contributed by atoms with Gasteiger partial charge in [-0.25, -0.2) is 8.42 Å². The van der Waals surface area contributed by atoms with Crippen molar-refractivity contribution in [1.82, 2.24) is 4.72 Å². The van der Waals surface area contributed by atoms with E-state index in [1.165, 1.54) is 0 Å². The van der Waals surface area contributed by atoms with E-state index in [1.54, 1.807) is 0 Å². The van der Waals surface area contributed by atoms with Gasteiger partial charge in [-0.1, -0.05) is 12.8 Å². The predicted molar refractivity (Wildman–Crippen MR) is 64.7 cm³/mol. The quantitative estimate of drug-likeness (QED) is 0.779. The number of hydrogen-bond donors (Lipinski definition) is 2. The second-order valence-corrected chi connectivity index (χ2v) is 7.01. The lowest BCUT2D eigenvalue weighted by molar-refractivity contribution is -0.147. The topological polar surface area (TPSA) is 92.7 Å². The number of nitrogens with one attached hydrogen (secondary N) is 1. The lowest BCUT2D eigenvalue weighted by Crippen LogP contribution is -2.58. The van der Waals surface area contributed by atoms with Gasteiger partial charge in [-0.05, 0) is 12.8 Å². The molecule has 1 heterocycles. The van der Waals surface area contributed by atoms with Crippen molar-refractivity contribution in [2.75, 3.05) is 13.2 Å². The third-order valence-corrected chi connectivity index (χ3v) is 5.86. The van der Waals surface area contributed by atoms with Gasteiger partial charge in [-0.15, -0.1) is 0 Å². The van der Waals surface area contributed by atoms with Crippen LogP contribution in [-0.2, 0) is 19.6 Å². The Bertz CT molecular complexity index is 407. The first-order valence-electron chi connectivity index (χ1n) is 6.30. The molecule has 0 aromatic heterocycles. The molecule has 1 aliphatic carbocycles. The monoisotopic (exact) mass is 277 g/mol. The van der Waals surface area contributed by atoms with E-state index in [9.17, 15) is 18.3 Å². The maximum Gasteiger partial charge on any atom is 0.325 e. The largest absolute Gasteiger partial charge is 0.480 e. The van der Waals surface area contributed by atoms with Crippen LogP contribution in [0.4, 0.5) is 0 Å². The van der Waals surface area contributed by atoms with E-state index < -0.39 is 26.8 Å². The molecule has 0 unspecified atom stereocenters. The number of aliphatic carboxylic acids is 1. The van der Waals surface area contributed by atoms with Crippen LogP contribution in [0.5, 0.6) is 0 Å². The van der Waals surface area contributed by atoms with Gasteiger partial charge < -0.3 is 9.84 Å². The SMILES string of the molecule is O=C(O)C1(NS(=O)(=O)C2CCCC2)CCOCC1. The Kier molecular flexibility index (Phi) is 3.93. The molecule has 18 heavy (non-hydrogen) atoms. The minimum absolute atomic E-state index is 0.189. The van der Waals surface area contributed by atoms with Gasteiger partial charge in [0, 0.05) is 26.1 Å². The van der Waals surface area contributed by atoms with Gasteiger partial charge in [0.15, 0.2) is 0 Å². The van der Waals surface area contributed by atoms with Crippen molar-refractivity contribution in [2.45, 2.75) is 49.3 Å². The summed E-state index contributed by atoms with van der Waals surface area (Å²) >= 11 is 0. The van der Waals surface area contributed by atoms with Gasteiger partial charge in [-0.2, -0.15) is 4.72 Å². The molecule has 0 aromatic rings. The van der Waals surface area contributed by atoms with Crippen molar-refractivity contribution < 1.29 is 23.1 Å². The summed E-state index contributed by atoms with van der Waals surface area (Å²) in [5, 5.41) is 8.88. The van der Waals surface area contributed by atoms with Gasteiger partial charge >= 0.3 is 5.97 Å². The fourth-order valence-corrected chi connectivity index (χ4v) is 4.59. The summed E-state index contributed by atoms with van der Waals surface area (Å²) < 4.78 is 32.0. The van der Waals surface area contributed by atoms with Crippen LogP contribution in [0.25, 0.3) is 0 Å². The molecule has 2 rings (SSSR count). The van der Waals surface area contributed by atoms with Gasteiger partial charge in [0.1, 0.15) is 5.54 Å². The maximum absolute atomic E-state index is 12.2. The molecule has 0 bridgehead atoms. The zero-order valence-corrected chi connectivity index (χ0v) is 11.0. The van der Waals surface area contributed by atoms with Crippen LogP contribution in [0.15, 0.2) is 0 Å². The molecule has 0 radical (unpaired) electrons. The van der Waals surface area contributed by atoms with E-state index in [2.05, 4.69) is 4.72 Å². The molecule has 104 valence electrons. The summed E-state index contributed by atoms with van der Waals surface area (Å²) in [6.07, 6.45) is 3.43. The van der Waals surface area contributed by atoms with Gasteiger partial charge in [-0.3, -0.25) is 4.79 Å². The molecule has 1 saturated carbocycles. The molecule has 1 aliphatic heterocycles. The molecular formula is C11H19NO5S. The van der Waals surface area contributed by atoms with Crippen molar-refractivity contribution in [3.05, 3.63) is 0 Å². The number of sulfonamides is 1. The summed E-state index contributed by atoms with van der Waals surface area (Å²) in [7, 11) is -3.55. The minimum Gasteiger partial charge on any atom is -0.480 e. The Morgan fingerprint density at radius 1 is 1.22 bits per heavy atom. The molecule has 0 aromatic carbocycles. The molecule has 1 saturated heterocycles. The van der Waals surface area contributed by atoms with Gasteiger partial charge in [0.05, 0.1) is 5.25 Å². The molecule has 2 aliphatic rings. The highest BCUT2D eigenvalue weighted by Gasteiger charge is 2.45. The first kappa shape index (κ1) is 13.8. The number of carboxylic acid groups (broad SMARTS) is 1. The van der Waals surface area contributed by atoms with Gasteiger partial charge in [0.25, 0.3) is 0 Å². The fraction of sp³-hybridized carbons (Fsp3) is 0.909. The third-order valence-electron chi connectivity index (χ3n) is 3.83. The van der Waals surface area contributed by atoms with Crippen molar-refractivity contribution in [3.8, 4) is 0 Å². The lowest BCUT2D eigenvalue weighted by Gasteiger charge is -2.34. The number of carbonyl (C=O) groups is 1. The molecule has 7 heteroatoms. The zero-order chi connectivity index (χ0) is 13.2. The third kappa shape index (κ3) is 2.67. The maximum atomic E-state index is 12.2. The summed E-state index contributed by atoms with van der Waals surface area (Å²) in [6.45, 7) is 0.555. The normalized spacial score (nSPS) is 25.1. The highest BCUT2D eigenvalue weighted by atomic mass is 32.2. The van der Waals surface area contributed by atoms with Crippen LogP contribution in [0.2, 0.25) is 0 Å². The first-order chi connectivity index (χ1) is 8.46. The van der Waals surface area contributed by atoms with E-state index in [0.29, 0.717) is 12.8 Å². The van der Waals surface area contributed by atoms with Crippen LogP contribution in [0.1, 0.15) is 38.5 Å². The van der Waals surface area contributed by atoms with Crippen molar-refractivity contribution in [3.63, 3.8) is 0 Å². The van der Waals surface area contributed by atoms with E-state index in [0.717, 1.165) is 12.8 Å². The molecule has 0 amide bonds. The number of rotatable bonds is 4. The second kappa shape index (κ2) is 5.14. The van der Waals surface area contributed by atoms with E-state index >= 15 is 0 Å². The number of ether oxygens (including phenoxy) is 1. The summed E-state index contributed by atoms with van der Waals surface area (Å²) in [5.74, 6) is -1.10. The van der Waals surface area contributed by atoms with Crippen molar-refractivity contribution in [2.24, 2.45) is 0 Å². The first-order valence-corrected chi connectivity index (χ1v) is 7.85. The molecule has 2 fully saturated rings. The predicted octanol–water partition coefficient (Wildman–Crippen LogP) is 0.482. The highest BCUT2D eigenvalue weighted by Crippen LogP contribution is 2.28. The van der Waals surface area contributed by atoms with Crippen LogP contribution >= 0.6 is 0 Å². The summed E-state index contributed by atoms with van der Waals surface area (Å²) in [4.78, 5) is 11.4. The smallest absolute Gasteiger partial charge is 0.325 e. The Hall–Kier alpha value is -0.660. The Morgan fingerprint density at radius 2 is 1.78 bits per heavy atom.